The molecule has 0 spiro atoms. The second-order valence-electron chi connectivity index (χ2n) is 4.41. The van der Waals surface area contributed by atoms with Crippen LogP contribution in [0.2, 0.25) is 0 Å². The standard InChI is InChI=1S/C8H7BrF2O.C8H7BrOS/c1-8(10,11)12-7-4-2-6(9)3-5-7;1-6(11)10-8-4-2-7(9)3-5-8/h2-5H,1H3;2-5H,1H3. The van der Waals surface area contributed by atoms with Crippen molar-refractivity contribution in [2.45, 2.75) is 20.0 Å². The fraction of sp³-hybridized carbons (Fsp3) is 0.188. The van der Waals surface area contributed by atoms with Crippen LogP contribution in [0.3, 0.4) is 0 Å². The topological polar surface area (TPSA) is 18.5 Å². The van der Waals surface area contributed by atoms with E-state index in [1.165, 1.54) is 12.1 Å². The van der Waals surface area contributed by atoms with Gasteiger partial charge in [0.2, 0.25) is 0 Å². The molecule has 0 aromatic heterocycles. The Hall–Kier alpha value is -1.05. The molecule has 0 heterocycles. The SMILES string of the molecule is CC(=S)Oc1ccc(Br)cc1.CC(F)(F)Oc1ccc(Br)cc1. The normalized spacial score (nSPS) is 10.3. The lowest BCUT2D eigenvalue weighted by Crippen LogP contribution is -2.18. The first-order valence-electron chi connectivity index (χ1n) is 6.42. The Labute approximate surface area is 156 Å². The number of hydrogen-bond donors (Lipinski definition) is 0. The average molecular weight is 468 g/mol. The van der Waals surface area contributed by atoms with Crippen molar-refractivity contribution < 1.29 is 18.3 Å². The molecule has 0 fully saturated rings. The van der Waals surface area contributed by atoms with Gasteiger partial charge in [-0.15, -0.1) is 0 Å². The number of thiocarbonyl (C=S) groups is 1. The molecule has 0 saturated carbocycles. The van der Waals surface area contributed by atoms with Crippen molar-refractivity contribution in [1.29, 1.82) is 0 Å². The van der Waals surface area contributed by atoms with Gasteiger partial charge in [-0.25, -0.2) is 0 Å². The third kappa shape index (κ3) is 9.63. The van der Waals surface area contributed by atoms with Gasteiger partial charge in [0.15, 0.2) is 5.05 Å². The van der Waals surface area contributed by atoms with Gasteiger partial charge in [0.25, 0.3) is 0 Å². The minimum absolute atomic E-state index is 0.158. The van der Waals surface area contributed by atoms with Gasteiger partial charge in [0, 0.05) is 22.8 Å². The summed E-state index contributed by atoms with van der Waals surface area (Å²) in [6.45, 7) is 2.45. The Morgan fingerprint density at radius 2 is 1.30 bits per heavy atom. The summed E-state index contributed by atoms with van der Waals surface area (Å²) in [6.07, 6.45) is -3.12. The molecule has 0 aliphatic carbocycles. The highest BCUT2D eigenvalue weighted by molar-refractivity contribution is 9.10. The first-order valence-corrected chi connectivity index (χ1v) is 8.41. The second-order valence-corrected chi connectivity index (χ2v) is 6.82. The van der Waals surface area contributed by atoms with Crippen LogP contribution in [0.5, 0.6) is 11.5 Å². The zero-order valence-corrected chi connectivity index (χ0v) is 16.3. The van der Waals surface area contributed by atoms with Gasteiger partial charge in [-0.05, 0) is 60.7 Å². The molecule has 124 valence electrons. The third-order valence-corrected chi connectivity index (χ3v) is 3.33. The van der Waals surface area contributed by atoms with Crippen molar-refractivity contribution in [3.8, 4) is 11.5 Å². The van der Waals surface area contributed by atoms with Gasteiger partial charge >= 0.3 is 6.11 Å². The predicted octanol–water partition coefficient (Wildman–Crippen LogP) is 6.62. The van der Waals surface area contributed by atoms with Gasteiger partial charge in [-0.1, -0.05) is 31.9 Å². The Balaban J connectivity index is 0.000000231. The van der Waals surface area contributed by atoms with Gasteiger partial charge < -0.3 is 9.47 Å². The van der Waals surface area contributed by atoms with E-state index in [1.807, 2.05) is 24.3 Å². The molecule has 2 rings (SSSR count). The van der Waals surface area contributed by atoms with Gasteiger partial charge in [-0.2, -0.15) is 8.78 Å². The van der Waals surface area contributed by atoms with Crippen molar-refractivity contribution in [3.63, 3.8) is 0 Å². The minimum atomic E-state index is -3.12. The molecule has 2 nitrogen and oxygen atoms in total. The van der Waals surface area contributed by atoms with Crippen LogP contribution in [0, 0.1) is 0 Å². The molecule has 0 aliphatic rings. The Kier molecular flexibility index (Phi) is 8.08. The van der Waals surface area contributed by atoms with Gasteiger partial charge in [0.1, 0.15) is 11.5 Å². The van der Waals surface area contributed by atoms with E-state index in [4.69, 9.17) is 17.0 Å². The lowest BCUT2D eigenvalue weighted by atomic mass is 10.3. The molecular weight excluding hydrogens is 454 g/mol. The molecule has 2 aromatic rings. The molecule has 23 heavy (non-hydrogen) atoms. The molecule has 2 aromatic carbocycles. The number of ether oxygens (including phenoxy) is 2. The Bertz CT molecular complexity index is 626. The van der Waals surface area contributed by atoms with E-state index < -0.39 is 6.11 Å². The zero-order chi connectivity index (χ0) is 17.5. The predicted molar refractivity (Wildman–Crippen MR) is 98.4 cm³/mol. The van der Waals surface area contributed by atoms with Crippen LogP contribution in [-0.4, -0.2) is 11.2 Å². The largest absolute Gasteiger partial charge is 0.451 e. The van der Waals surface area contributed by atoms with E-state index >= 15 is 0 Å². The molecule has 0 saturated heterocycles. The first-order chi connectivity index (χ1) is 10.7. The average Bonchev–Trinajstić information content (AvgIpc) is 2.43. The summed E-state index contributed by atoms with van der Waals surface area (Å²) >= 11 is 11.3. The summed E-state index contributed by atoms with van der Waals surface area (Å²) in [5, 5.41) is 0.535. The first kappa shape index (κ1) is 20.0. The minimum Gasteiger partial charge on any atom is -0.451 e. The van der Waals surface area contributed by atoms with Crippen LogP contribution in [-0.2, 0) is 0 Å². The van der Waals surface area contributed by atoms with Crippen molar-refractivity contribution in [3.05, 3.63) is 57.5 Å². The Morgan fingerprint density at radius 3 is 1.65 bits per heavy atom. The van der Waals surface area contributed by atoms with Crippen molar-refractivity contribution in [2.75, 3.05) is 0 Å². The van der Waals surface area contributed by atoms with Gasteiger partial charge in [0.05, 0.1) is 0 Å². The molecule has 0 aliphatic heterocycles. The molecule has 0 amide bonds. The van der Waals surface area contributed by atoms with E-state index in [1.54, 1.807) is 19.1 Å². The number of benzene rings is 2. The quantitative estimate of drug-likeness (QED) is 0.473. The number of rotatable bonds is 3. The fourth-order valence-corrected chi connectivity index (χ4v) is 2.00. The lowest BCUT2D eigenvalue weighted by molar-refractivity contribution is -0.158. The summed E-state index contributed by atoms with van der Waals surface area (Å²) in [4.78, 5) is 0. The summed E-state index contributed by atoms with van der Waals surface area (Å²) < 4.78 is 35.9. The third-order valence-electron chi connectivity index (χ3n) is 2.19. The smallest absolute Gasteiger partial charge is 0.394 e. The van der Waals surface area contributed by atoms with Crippen LogP contribution in [0.1, 0.15) is 13.8 Å². The highest BCUT2D eigenvalue weighted by Crippen LogP contribution is 2.22. The number of alkyl halides is 2. The number of hydrogen-bond acceptors (Lipinski definition) is 3. The molecule has 0 unspecified atom stereocenters. The van der Waals surface area contributed by atoms with Gasteiger partial charge in [-0.3, -0.25) is 0 Å². The molecule has 0 atom stereocenters. The summed E-state index contributed by atoms with van der Waals surface area (Å²) in [7, 11) is 0. The van der Waals surface area contributed by atoms with Crippen LogP contribution in [0.4, 0.5) is 8.78 Å². The highest BCUT2D eigenvalue weighted by Gasteiger charge is 2.22. The second kappa shape index (κ2) is 9.30. The summed E-state index contributed by atoms with van der Waals surface area (Å²) in [6, 6.07) is 13.8. The molecular formula is C16H14Br2F2O2S. The maximum Gasteiger partial charge on any atom is 0.394 e. The summed E-state index contributed by atoms with van der Waals surface area (Å²) in [5.74, 6) is 0.936. The number of halogens is 4. The summed E-state index contributed by atoms with van der Waals surface area (Å²) in [5.41, 5.74) is 0. The highest BCUT2D eigenvalue weighted by atomic mass is 79.9. The Morgan fingerprint density at radius 1 is 0.913 bits per heavy atom. The maximum absolute atomic E-state index is 12.3. The lowest BCUT2D eigenvalue weighted by Gasteiger charge is -2.12. The van der Waals surface area contributed by atoms with Crippen LogP contribution in [0.25, 0.3) is 0 Å². The molecule has 0 bridgehead atoms. The molecule has 7 heteroatoms. The zero-order valence-electron chi connectivity index (χ0n) is 12.4. The molecule has 0 N–H and O–H groups in total. The monoisotopic (exact) mass is 466 g/mol. The van der Waals surface area contributed by atoms with E-state index in [2.05, 4.69) is 36.6 Å². The fourth-order valence-electron chi connectivity index (χ4n) is 1.38. The van der Waals surface area contributed by atoms with Crippen LogP contribution < -0.4 is 9.47 Å². The van der Waals surface area contributed by atoms with Crippen molar-refractivity contribution >= 4 is 49.1 Å². The van der Waals surface area contributed by atoms with Crippen LogP contribution in [0.15, 0.2) is 57.5 Å². The van der Waals surface area contributed by atoms with E-state index in [0.717, 1.165) is 14.7 Å². The van der Waals surface area contributed by atoms with E-state index in [0.29, 0.717) is 12.0 Å². The van der Waals surface area contributed by atoms with E-state index in [-0.39, 0.29) is 5.75 Å². The van der Waals surface area contributed by atoms with Crippen molar-refractivity contribution in [1.82, 2.24) is 0 Å². The van der Waals surface area contributed by atoms with Crippen molar-refractivity contribution in [2.24, 2.45) is 0 Å². The maximum atomic E-state index is 12.3. The van der Waals surface area contributed by atoms with E-state index in [9.17, 15) is 8.78 Å². The molecule has 0 radical (unpaired) electrons. The van der Waals surface area contributed by atoms with Crippen LogP contribution >= 0.6 is 44.1 Å².